The van der Waals surface area contributed by atoms with E-state index >= 15 is 0 Å². The molecule has 4 rings (SSSR count). The number of morpholine rings is 1. The van der Waals surface area contributed by atoms with Gasteiger partial charge in [-0.25, -0.2) is 18.2 Å². The molecule has 9 heteroatoms. The van der Waals surface area contributed by atoms with Crippen molar-refractivity contribution >= 4 is 12.0 Å². The first-order valence-corrected chi connectivity index (χ1v) is 9.82. The van der Waals surface area contributed by atoms with Crippen LogP contribution in [0.5, 0.6) is 5.75 Å². The van der Waals surface area contributed by atoms with Gasteiger partial charge in [0.15, 0.2) is 23.2 Å². The first-order chi connectivity index (χ1) is 15.4. The van der Waals surface area contributed by atoms with Crippen molar-refractivity contribution in [2.45, 2.75) is 13.5 Å². The Hall–Kier alpha value is -3.75. The van der Waals surface area contributed by atoms with Crippen LogP contribution in [-0.2, 0) is 16.1 Å². The molecule has 0 aliphatic carbocycles. The van der Waals surface area contributed by atoms with Crippen molar-refractivity contribution in [2.24, 2.45) is 0 Å². The lowest BCUT2D eigenvalue weighted by Crippen LogP contribution is -2.39. The third-order valence-electron chi connectivity index (χ3n) is 5.08. The highest BCUT2D eigenvalue weighted by Gasteiger charge is 2.26. The van der Waals surface area contributed by atoms with Crippen molar-refractivity contribution in [1.29, 1.82) is 0 Å². The molecule has 1 saturated heterocycles. The minimum atomic E-state index is -1.56. The second-order valence-corrected chi connectivity index (χ2v) is 7.27. The molecular formula is C23H20F3N3O3. The van der Waals surface area contributed by atoms with E-state index in [4.69, 9.17) is 9.47 Å². The number of ether oxygens (including phenoxy) is 2. The minimum Gasteiger partial charge on any atom is -0.495 e. The van der Waals surface area contributed by atoms with E-state index in [2.05, 4.69) is 4.98 Å². The number of carbonyl (C=O) groups excluding carboxylic acids is 1. The van der Waals surface area contributed by atoms with Gasteiger partial charge in [-0.05, 0) is 36.8 Å². The molecule has 6 nitrogen and oxygen atoms in total. The summed E-state index contributed by atoms with van der Waals surface area (Å²) in [6.45, 7) is 2.06. The predicted molar refractivity (Wildman–Crippen MR) is 111 cm³/mol. The maximum absolute atomic E-state index is 14.0. The monoisotopic (exact) mass is 443 g/mol. The molecule has 2 aromatic carbocycles. The topological polar surface area (TPSA) is 56.6 Å². The van der Waals surface area contributed by atoms with Crippen LogP contribution in [0.1, 0.15) is 16.8 Å². The lowest BCUT2D eigenvalue weighted by Gasteiger charge is -2.29. The summed E-state index contributed by atoms with van der Waals surface area (Å²) in [6, 6.07) is 7.34. The predicted octanol–water partition coefficient (Wildman–Crippen LogP) is 4.01. The third-order valence-corrected chi connectivity index (χ3v) is 5.08. The molecule has 1 aliphatic heterocycles. The highest BCUT2D eigenvalue weighted by molar-refractivity contribution is 5.96. The van der Waals surface area contributed by atoms with Crippen LogP contribution in [0.2, 0.25) is 0 Å². The van der Waals surface area contributed by atoms with E-state index in [-0.39, 0.29) is 31.0 Å². The maximum Gasteiger partial charge on any atom is 0.289 e. The molecule has 1 amide bonds. The summed E-state index contributed by atoms with van der Waals surface area (Å²) in [5.41, 5.74) is 2.19. The van der Waals surface area contributed by atoms with Gasteiger partial charge in [0.25, 0.3) is 5.91 Å². The zero-order valence-electron chi connectivity index (χ0n) is 17.4. The summed E-state index contributed by atoms with van der Waals surface area (Å²) < 4.78 is 53.6. The molecule has 1 aromatic heterocycles. The van der Waals surface area contributed by atoms with Gasteiger partial charge >= 0.3 is 0 Å². The van der Waals surface area contributed by atoms with Gasteiger partial charge in [-0.3, -0.25) is 4.79 Å². The Labute approximate surface area is 182 Å². The Morgan fingerprint density at radius 2 is 2.00 bits per heavy atom. The summed E-state index contributed by atoms with van der Waals surface area (Å²) in [7, 11) is 1.54. The molecule has 1 fully saturated rings. The van der Waals surface area contributed by atoms with Gasteiger partial charge < -0.3 is 18.9 Å². The van der Waals surface area contributed by atoms with Gasteiger partial charge in [0.2, 0.25) is 0 Å². The van der Waals surface area contributed by atoms with Crippen molar-refractivity contribution in [3.8, 4) is 11.4 Å². The quantitative estimate of drug-likeness (QED) is 0.442. The molecule has 0 spiro atoms. The second-order valence-electron chi connectivity index (χ2n) is 7.27. The van der Waals surface area contributed by atoms with Crippen molar-refractivity contribution in [3.63, 3.8) is 0 Å². The number of aryl methyl sites for hydroxylation is 1. The molecular weight excluding hydrogens is 423 g/mol. The number of nitrogens with zero attached hydrogens (tertiary/aromatic N) is 3. The lowest BCUT2D eigenvalue weighted by molar-refractivity contribution is -0.136. The Morgan fingerprint density at radius 1 is 1.19 bits per heavy atom. The van der Waals surface area contributed by atoms with E-state index in [9.17, 15) is 18.0 Å². The van der Waals surface area contributed by atoms with E-state index in [1.54, 1.807) is 31.6 Å². The van der Waals surface area contributed by atoms with E-state index in [1.807, 2.05) is 23.8 Å². The van der Waals surface area contributed by atoms with Crippen LogP contribution in [-0.4, -0.2) is 40.6 Å². The van der Waals surface area contributed by atoms with Crippen LogP contribution < -0.4 is 4.74 Å². The molecule has 0 saturated carbocycles. The average Bonchev–Trinajstić information content (AvgIpc) is 3.22. The van der Waals surface area contributed by atoms with Gasteiger partial charge in [-0.2, -0.15) is 0 Å². The van der Waals surface area contributed by atoms with Crippen LogP contribution in [0.4, 0.5) is 13.2 Å². The van der Waals surface area contributed by atoms with E-state index in [1.165, 1.54) is 4.90 Å². The Morgan fingerprint density at radius 3 is 2.72 bits per heavy atom. The number of aromatic nitrogens is 2. The van der Waals surface area contributed by atoms with Crippen molar-refractivity contribution < 1.29 is 27.4 Å². The number of carbonyl (C=O) groups is 1. The molecule has 1 aliphatic rings. The molecule has 0 N–H and O–H groups in total. The van der Waals surface area contributed by atoms with Gasteiger partial charge in [0.05, 0.1) is 31.4 Å². The summed E-state index contributed by atoms with van der Waals surface area (Å²) in [6.07, 6.45) is 5.09. The minimum absolute atomic E-state index is 0.0625. The standard InChI is InChI=1S/C23H20F3N3O3/c1-14-11-29(13-27-14)18-6-3-15(9-19(18)31-2)10-20-23(30)28(7-8-32-20)12-16-4-5-17(24)22(26)21(16)25/h3-6,9-11,13H,7-8,12H2,1-2H3/b20-10-. The summed E-state index contributed by atoms with van der Waals surface area (Å²) in [5, 5.41) is 0. The van der Waals surface area contributed by atoms with E-state index in [0.717, 1.165) is 23.5 Å². The van der Waals surface area contributed by atoms with Crippen molar-refractivity contribution in [1.82, 2.24) is 14.5 Å². The normalized spacial score (nSPS) is 15.2. The summed E-state index contributed by atoms with van der Waals surface area (Å²) in [5.74, 6) is -3.98. The average molecular weight is 443 g/mol. The molecule has 2 heterocycles. The summed E-state index contributed by atoms with van der Waals surface area (Å²) in [4.78, 5) is 18.4. The molecule has 166 valence electrons. The first-order valence-electron chi connectivity index (χ1n) is 9.82. The fourth-order valence-electron chi connectivity index (χ4n) is 3.43. The van der Waals surface area contributed by atoms with E-state index < -0.39 is 23.4 Å². The Balaban J connectivity index is 1.57. The second kappa shape index (κ2) is 8.78. The summed E-state index contributed by atoms with van der Waals surface area (Å²) >= 11 is 0. The third kappa shape index (κ3) is 4.18. The Kier molecular flexibility index (Phi) is 5.89. The number of hydrogen-bond donors (Lipinski definition) is 0. The molecule has 0 unspecified atom stereocenters. The smallest absolute Gasteiger partial charge is 0.289 e. The number of benzene rings is 2. The molecule has 3 aromatic rings. The molecule has 0 atom stereocenters. The van der Waals surface area contributed by atoms with Crippen LogP contribution in [0.15, 0.2) is 48.6 Å². The highest BCUT2D eigenvalue weighted by atomic mass is 19.2. The number of halogens is 3. The number of hydrogen-bond acceptors (Lipinski definition) is 4. The molecule has 0 radical (unpaired) electrons. The SMILES string of the molecule is COc1cc(/C=C2\OCCN(Cc3ccc(F)c(F)c3F)C2=O)ccc1-n1cnc(C)c1. The number of imidazole rings is 1. The van der Waals surface area contributed by atoms with Gasteiger partial charge in [-0.15, -0.1) is 0 Å². The first kappa shape index (κ1) is 21.5. The van der Waals surface area contributed by atoms with Crippen LogP contribution in [0.25, 0.3) is 11.8 Å². The molecule has 0 bridgehead atoms. The highest BCUT2D eigenvalue weighted by Crippen LogP contribution is 2.27. The zero-order chi connectivity index (χ0) is 22.8. The van der Waals surface area contributed by atoms with E-state index in [0.29, 0.717) is 11.3 Å². The maximum atomic E-state index is 14.0. The van der Waals surface area contributed by atoms with Gasteiger partial charge in [0.1, 0.15) is 12.4 Å². The number of methoxy groups -OCH3 is 1. The fourth-order valence-corrected chi connectivity index (χ4v) is 3.43. The van der Waals surface area contributed by atoms with Crippen molar-refractivity contribution in [3.05, 3.63) is 82.9 Å². The largest absolute Gasteiger partial charge is 0.495 e. The Bertz CT molecular complexity index is 1210. The van der Waals surface area contributed by atoms with Gasteiger partial charge in [0, 0.05) is 18.3 Å². The fraction of sp³-hybridized carbons (Fsp3) is 0.217. The van der Waals surface area contributed by atoms with Crippen LogP contribution in [0.3, 0.4) is 0 Å². The zero-order valence-corrected chi connectivity index (χ0v) is 17.4. The number of rotatable bonds is 5. The lowest BCUT2D eigenvalue weighted by atomic mass is 10.1. The van der Waals surface area contributed by atoms with Crippen LogP contribution in [0, 0.1) is 24.4 Å². The molecule has 32 heavy (non-hydrogen) atoms. The van der Waals surface area contributed by atoms with Gasteiger partial charge in [-0.1, -0.05) is 12.1 Å². The van der Waals surface area contributed by atoms with Crippen molar-refractivity contribution in [2.75, 3.05) is 20.3 Å². The van der Waals surface area contributed by atoms with Crippen LogP contribution >= 0.6 is 0 Å². The number of amides is 1.